The average Bonchev–Trinajstić information content (AvgIpc) is 3.20. The number of rotatable bonds is 6. The molecule has 1 amide bonds. The summed E-state index contributed by atoms with van der Waals surface area (Å²) >= 11 is 1.64. The lowest BCUT2D eigenvalue weighted by Crippen LogP contribution is -2.37. The summed E-state index contributed by atoms with van der Waals surface area (Å²) in [5, 5.41) is 6.14. The summed E-state index contributed by atoms with van der Waals surface area (Å²) in [7, 11) is 0. The third-order valence-electron chi connectivity index (χ3n) is 3.84. The van der Waals surface area contributed by atoms with Crippen LogP contribution in [0, 0.1) is 0 Å². The number of carbonyl (C=O) groups excluding carboxylic acids is 1. The van der Waals surface area contributed by atoms with Crippen LogP contribution >= 0.6 is 11.3 Å². The van der Waals surface area contributed by atoms with E-state index in [-0.39, 0.29) is 11.9 Å². The first-order chi connectivity index (χ1) is 11.2. The predicted octanol–water partition coefficient (Wildman–Crippen LogP) is 2.48. The van der Waals surface area contributed by atoms with Crippen molar-refractivity contribution in [2.24, 2.45) is 0 Å². The maximum Gasteiger partial charge on any atom is 0.224 e. The Morgan fingerprint density at radius 1 is 1.43 bits per heavy atom. The first kappa shape index (κ1) is 15.8. The summed E-state index contributed by atoms with van der Waals surface area (Å²) in [5.41, 5.74) is 1.00. The minimum atomic E-state index is 0.0696. The molecular weight excluding hydrogens is 310 g/mol. The van der Waals surface area contributed by atoms with Crippen LogP contribution in [0.5, 0.6) is 5.75 Å². The van der Waals surface area contributed by atoms with Crippen LogP contribution in [0.4, 0.5) is 5.13 Å². The number of hydrogen-bond acceptors (Lipinski definition) is 5. The number of ether oxygens (including phenoxy) is 1. The van der Waals surface area contributed by atoms with E-state index in [4.69, 9.17) is 4.74 Å². The molecule has 0 radical (unpaired) electrons. The van der Waals surface area contributed by atoms with Crippen molar-refractivity contribution >= 4 is 22.4 Å². The van der Waals surface area contributed by atoms with Gasteiger partial charge < -0.3 is 15.0 Å². The smallest absolute Gasteiger partial charge is 0.224 e. The molecule has 23 heavy (non-hydrogen) atoms. The molecule has 1 N–H and O–H groups in total. The minimum absolute atomic E-state index is 0.0696. The van der Waals surface area contributed by atoms with Gasteiger partial charge in [0.1, 0.15) is 5.75 Å². The van der Waals surface area contributed by atoms with E-state index in [9.17, 15) is 4.79 Å². The zero-order valence-electron chi connectivity index (χ0n) is 13.2. The highest BCUT2D eigenvalue weighted by Gasteiger charge is 2.25. The van der Waals surface area contributed by atoms with Crippen LogP contribution in [0.15, 0.2) is 35.8 Å². The van der Waals surface area contributed by atoms with E-state index in [2.05, 4.69) is 15.2 Å². The summed E-state index contributed by atoms with van der Waals surface area (Å²) in [4.78, 5) is 18.7. The van der Waals surface area contributed by atoms with Crippen molar-refractivity contribution < 1.29 is 9.53 Å². The van der Waals surface area contributed by atoms with Gasteiger partial charge in [0.15, 0.2) is 5.13 Å². The quantitative estimate of drug-likeness (QED) is 0.883. The van der Waals surface area contributed by atoms with Gasteiger partial charge in [-0.05, 0) is 31.0 Å². The number of thiazole rings is 1. The molecule has 0 spiro atoms. The van der Waals surface area contributed by atoms with Gasteiger partial charge in [0, 0.05) is 30.7 Å². The Balaban J connectivity index is 1.48. The molecule has 1 unspecified atom stereocenters. The van der Waals surface area contributed by atoms with Crippen LogP contribution < -0.4 is 15.0 Å². The Labute approximate surface area is 140 Å². The van der Waals surface area contributed by atoms with Gasteiger partial charge in [-0.3, -0.25) is 4.79 Å². The van der Waals surface area contributed by atoms with Gasteiger partial charge in [-0.15, -0.1) is 11.3 Å². The average molecular weight is 331 g/mol. The summed E-state index contributed by atoms with van der Waals surface area (Å²) < 4.78 is 5.41. The van der Waals surface area contributed by atoms with E-state index in [0.717, 1.165) is 36.0 Å². The van der Waals surface area contributed by atoms with Crippen molar-refractivity contribution in [3.8, 4) is 5.75 Å². The summed E-state index contributed by atoms with van der Waals surface area (Å²) in [6.07, 6.45) is 3.19. The monoisotopic (exact) mass is 331 g/mol. The Kier molecular flexibility index (Phi) is 5.12. The number of nitrogens with one attached hydrogen (secondary N) is 1. The van der Waals surface area contributed by atoms with Crippen molar-refractivity contribution in [3.63, 3.8) is 0 Å². The van der Waals surface area contributed by atoms with E-state index in [1.807, 2.05) is 42.8 Å². The number of nitrogens with zero attached hydrogens (tertiary/aromatic N) is 2. The number of anilines is 1. The molecule has 1 aromatic carbocycles. The van der Waals surface area contributed by atoms with Crippen molar-refractivity contribution in [1.29, 1.82) is 0 Å². The second kappa shape index (κ2) is 7.46. The molecule has 0 aliphatic carbocycles. The third-order valence-corrected chi connectivity index (χ3v) is 4.67. The van der Waals surface area contributed by atoms with E-state index in [0.29, 0.717) is 13.0 Å². The van der Waals surface area contributed by atoms with Crippen molar-refractivity contribution in [1.82, 2.24) is 10.3 Å². The lowest BCUT2D eigenvalue weighted by atomic mass is 10.1. The number of hydrogen-bond donors (Lipinski definition) is 1. The van der Waals surface area contributed by atoms with Gasteiger partial charge in [-0.2, -0.15) is 0 Å². The molecule has 1 aliphatic rings. The molecule has 1 aromatic heterocycles. The van der Waals surface area contributed by atoms with Crippen LogP contribution in [-0.4, -0.2) is 36.6 Å². The van der Waals surface area contributed by atoms with Gasteiger partial charge in [0.25, 0.3) is 0 Å². The summed E-state index contributed by atoms with van der Waals surface area (Å²) in [6, 6.07) is 7.91. The predicted molar refractivity (Wildman–Crippen MR) is 92.2 cm³/mol. The van der Waals surface area contributed by atoms with Crippen LogP contribution in [0.2, 0.25) is 0 Å². The summed E-state index contributed by atoms with van der Waals surface area (Å²) in [6.45, 7) is 4.39. The fourth-order valence-electron chi connectivity index (χ4n) is 2.76. The highest BCUT2D eigenvalue weighted by atomic mass is 32.1. The SMILES string of the molecule is CCOc1ccc(CC(=O)NC2CCN(c3nccs3)C2)cc1. The largest absolute Gasteiger partial charge is 0.494 e. The maximum absolute atomic E-state index is 12.2. The lowest BCUT2D eigenvalue weighted by Gasteiger charge is -2.15. The van der Waals surface area contributed by atoms with Crippen LogP contribution in [0.25, 0.3) is 0 Å². The van der Waals surface area contributed by atoms with Crippen LogP contribution in [-0.2, 0) is 11.2 Å². The number of amides is 1. The first-order valence-corrected chi connectivity index (χ1v) is 8.78. The van der Waals surface area contributed by atoms with Crippen LogP contribution in [0.1, 0.15) is 18.9 Å². The van der Waals surface area contributed by atoms with E-state index in [1.54, 1.807) is 11.3 Å². The van der Waals surface area contributed by atoms with E-state index in [1.165, 1.54) is 0 Å². The van der Waals surface area contributed by atoms with E-state index >= 15 is 0 Å². The molecule has 6 heteroatoms. The van der Waals surface area contributed by atoms with Gasteiger partial charge in [0.2, 0.25) is 5.91 Å². The van der Waals surface area contributed by atoms with Gasteiger partial charge in [-0.1, -0.05) is 12.1 Å². The molecule has 122 valence electrons. The molecule has 1 saturated heterocycles. The van der Waals surface area contributed by atoms with Crippen LogP contribution in [0.3, 0.4) is 0 Å². The Hall–Kier alpha value is -2.08. The number of benzene rings is 1. The molecule has 5 nitrogen and oxygen atoms in total. The second-order valence-corrected chi connectivity index (χ2v) is 6.44. The standard InChI is InChI=1S/C17H21N3O2S/c1-2-22-15-5-3-13(4-6-15)11-16(21)19-14-7-9-20(12-14)17-18-8-10-23-17/h3-6,8,10,14H,2,7,9,11-12H2,1H3,(H,19,21). The van der Waals surface area contributed by atoms with Gasteiger partial charge >= 0.3 is 0 Å². The molecule has 3 rings (SSSR count). The van der Waals surface area contributed by atoms with Crippen molar-refractivity contribution in [2.45, 2.75) is 25.8 Å². The molecule has 0 bridgehead atoms. The topological polar surface area (TPSA) is 54.5 Å². The normalized spacial score (nSPS) is 17.3. The molecule has 0 saturated carbocycles. The highest BCUT2D eigenvalue weighted by molar-refractivity contribution is 7.13. The molecular formula is C17H21N3O2S. The first-order valence-electron chi connectivity index (χ1n) is 7.90. The Morgan fingerprint density at radius 2 is 2.26 bits per heavy atom. The maximum atomic E-state index is 12.2. The minimum Gasteiger partial charge on any atom is -0.494 e. The fourth-order valence-corrected chi connectivity index (χ4v) is 3.44. The molecule has 2 aromatic rings. The van der Waals surface area contributed by atoms with Crippen molar-refractivity contribution in [2.75, 3.05) is 24.6 Å². The Morgan fingerprint density at radius 3 is 2.96 bits per heavy atom. The summed E-state index contributed by atoms with van der Waals surface area (Å²) in [5.74, 6) is 0.909. The van der Waals surface area contributed by atoms with Crippen molar-refractivity contribution in [3.05, 3.63) is 41.4 Å². The van der Waals surface area contributed by atoms with E-state index < -0.39 is 0 Å². The third kappa shape index (κ3) is 4.22. The molecule has 1 aliphatic heterocycles. The second-order valence-electron chi connectivity index (χ2n) is 5.57. The Bertz CT molecular complexity index is 628. The van der Waals surface area contributed by atoms with Gasteiger partial charge in [0.05, 0.1) is 13.0 Å². The highest BCUT2D eigenvalue weighted by Crippen LogP contribution is 2.22. The fraction of sp³-hybridized carbons (Fsp3) is 0.412. The number of aromatic nitrogens is 1. The molecule has 1 fully saturated rings. The number of carbonyl (C=O) groups is 1. The zero-order valence-corrected chi connectivity index (χ0v) is 14.0. The lowest BCUT2D eigenvalue weighted by molar-refractivity contribution is -0.121. The molecule has 1 atom stereocenters. The van der Waals surface area contributed by atoms with Gasteiger partial charge in [-0.25, -0.2) is 4.98 Å². The molecule has 2 heterocycles. The zero-order chi connectivity index (χ0) is 16.1.